The fourth-order valence-corrected chi connectivity index (χ4v) is 4.72. The van der Waals surface area contributed by atoms with E-state index in [1.54, 1.807) is 12.1 Å². The van der Waals surface area contributed by atoms with E-state index in [9.17, 15) is 19.8 Å². The molecule has 3 aliphatic carbocycles. The summed E-state index contributed by atoms with van der Waals surface area (Å²) in [4.78, 5) is 25.1. The summed E-state index contributed by atoms with van der Waals surface area (Å²) in [6, 6.07) is 3.56. The minimum absolute atomic E-state index is 0.0521. The molecule has 0 radical (unpaired) electrons. The van der Waals surface area contributed by atoms with Crippen LogP contribution in [0.2, 0.25) is 0 Å². The average Bonchev–Trinajstić information content (AvgIpc) is 3.16. The summed E-state index contributed by atoms with van der Waals surface area (Å²) in [6.45, 7) is 1.88. The van der Waals surface area contributed by atoms with E-state index in [0.717, 1.165) is 11.1 Å². The molecule has 3 atom stereocenters. The zero-order chi connectivity index (χ0) is 16.8. The van der Waals surface area contributed by atoms with Crippen LogP contribution in [0.15, 0.2) is 22.8 Å². The molecule has 0 bridgehead atoms. The highest BCUT2D eigenvalue weighted by Gasteiger charge is 2.53. The van der Waals surface area contributed by atoms with Gasteiger partial charge < -0.3 is 14.6 Å². The van der Waals surface area contributed by atoms with Gasteiger partial charge in [0.25, 0.3) is 0 Å². The molecule has 5 rings (SSSR count). The molecule has 1 aromatic heterocycles. The van der Waals surface area contributed by atoms with Crippen LogP contribution in [-0.2, 0) is 11.8 Å². The number of rotatable bonds is 0. The zero-order valence-corrected chi connectivity index (χ0v) is 13.1. The quantitative estimate of drug-likeness (QED) is 0.774. The Morgan fingerprint density at radius 3 is 2.79 bits per heavy atom. The first-order valence-corrected chi connectivity index (χ1v) is 8.16. The molecule has 0 aliphatic heterocycles. The molecule has 0 unspecified atom stereocenters. The van der Waals surface area contributed by atoms with Crippen LogP contribution < -0.4 is 0 Å². The predicted molar refractivity (Wildman–Crippen MR) is 83.3 cm³/mol. The fraction of sp³-hybridized carbons (Fsp3) is 0.368. The van der Waals surface area contributed by atoms with Gasteiger partial charge in [-0.15, -0.1) is 0 Å². The maximum absolute atomic E-state index is 13.1. The molecule has 5 nitrogen and oxygen atoms in total. The van der Waals surface area contributed by atoms with Gasteiger partial charge in [-0.3, -0.25) is 9.59 Å². The molecule has 1 aromatic carbocycles. The van der Waals surface area contributed by atoms with Crippen molar-refractivity contribution < 1.29 is 24.2 Å². The molecule has 2 aromatic rings. The van der Waals surface area contributed by atoms with Crippen molar-refractivity contribution in [2.45, 2.75) is 43.8 Å². The van der Waals surface area contributed by atoms with Crippen molar-refractivity contribution >= 4 is 11.6 Å². The van der Waals surface area contributed by atoms with Crippen molar-refractivity contribution in [3.8, 4) is 0 Å². The highest BCUT2D eigenvalue weighted by Crippen LogP contribution is 2.53. The average molecular weight is 324 g/mol. The van der Waals surface area contributed by atoms with Crippen molar-refractivity contribution in [3.05, 3.63) is 57.5 Å². The monoisotopic (exact) mass is 324 g/mol. The SMILES string of the molecule is C[C@@]12c3ccc4c(c3C(=O)c3occ(c31)[C@@H](O)C[C@@H]2O)CCC4=O. The van der Waals surface area contributed by atoms with E-state index in [1.807, 2.05) is 6.92 Å². The second-order valence-corrected chi connectivity index (χ2v) is 7.13. The highest BCUT2D eigenvalue weighted by molar-refractivity contribution is 6.15. The number of ketones is 2. The van der Waals surface area contributed by atoms with Gasteiger partial charge in [0.1, 0.15) is 0 Å². The van der Waals surface area contributed by atoms with Crippen LogP contribution in [0.5, 0.6) is 0 Å². The minimum atomic E-state index is -0.842. The smallest absolute Gasteiger partial charge is 0.229 e. The standard InChI is InChI=1S/C19H16O5/c1-19-11-4-2-8-9(3-5-12(8)20)15(11)17(23)18-16(19)10(7-24-18)13(21)6-14(19)22/h2,4,7,13-14,21-22H,3,5-6H2,1H3/t13-,14-,19-/m0/s1. The molecule has 0 amide bonds. The Kier molecular flexibility index (Phi) is 2.49. The molecule has 2 N–H and O–H groups in total. The van der Waals surface area contributed by atoms with Gasteiger partial charge in [-0.2, -0.15) is 0 Å². The van der Waals surface area contributed by atoms with Crippen molar-refractivity contribution in [1.29, 1.82) is 0 Å². The summed E-state index contributed by atoms with van der Waals surface area (Å²) < 4.78 is 5.52. The van der Waals surface area contributed by atoms with E-state index < -0.39 is 17.6 Å². The van der Waals surface area contributed by atoms with E-state index in [0.29, 0.717) is 35.1 Å². The summed E-state index contributed by atoms with van der Waals surface area (Å²) in [7, 11) is 0. The lowest BCUT2D eigenvalue weighted by molar-refractivity contribution is 0.0277. The zero-order valence-electron chi connectivity index (χ0n) is 13.1. The first-order valence-electron chi connectivity index (χ1n) is 8.16. The van der Waals surface area contributed by atoms with Crippen molar-refractivity contribution in [2.24, 2.45) is 0 Å². The van der Waals surface area contributed by atoms with Gasteiger partial charge in [0.05, 0.1) is 18.5 Å². The van der Waals surface area contributed by atoms with Crippen LogP contribution >= 0.6 is 0 Å². The Hall–Kier alpha value is -2.24. The Bertz CT molecular complexity index is 937. The van der Waals surface area contributed by atoms with E-state index in [2.05, 4.69) is 0 Å². The number of fused-ring (bicyclic) bond motifs is 4. The van der Waals surface area contributed by atoms with Gasteiger partial charge in [0, 0.05) is 40.5 Å². The summed E-state index contributed by atoms with van der Waals surface area (Å²) in [5.74, 6) is -0.0153. The van der Waals surface area contributed by atoms with Crippen LogP contribution in [0, 0.1) is 0 Å². The van der Waals surface area contributed by atoms with Gasteiger partial charge in [-0.05, 0) is 24.5 Å². The van der Waals surface area contributed by atoms with E-state index in [-0.39, 0.29) is 23.7 Å². The van der Waals surface area contributed by atoms with Gasteiger partial charge in [-0.25, -0.2) is 0 Å². The van der Waals surface area contributed by atoms with Crippen LogP contribution in [0.4, 0.5) is 0 Å². The molecular formula is C19H16O5. The Morgan fingerprint density at radius 1 is 1.21 bits per heavy atom. The Balaban J connectivity index is 1.89. The molecule has 122 valence electrons. The number of hydrogen-bond acceptors (Lipinski definition) is 5. The second kappa shape index (κ2) is 4.23. The molecule has 0 saturated heterocycles. The maximum Gasteiger partial charge on any atom is 0.229 e. The van der Waals surface area contributed by atoms with Crippen LogP contribution in [0.1, 0.15) is 74.6 Å². The van der Waals surface area contributed by atoms with Crippen molar-refractivity contribution in [2.75, 3.05) is 0 Å². The van der Waals surface area contributed by atoms with Gasteiger partial charge in [0.2, 0.25) is 5.78 Å². The lowest BCUT2D eigenvalue weighted by Crippen LogP contribution is -2.47. The fourth-order valence-electron chi connectivity index (χ4n) is 4.72. The number of aliphatic hydroxyl groups excluding tert-OH is 2. The third kappa shape index (κ3) is 1.39. The Labute approximate surface area is 137 Å². The number of carbonyl (C=O) groups excluding carboxylic acids is 2. The molecule has 1 heterocycles. The lowest BCUT2D eigenvalue weighted by atomic mass is 9.60. The summed E-state index contributed by atoms with van der Waals surface area (Å²) in [6.07, 6.45) is 0.888. The first kappa shape index (κ1) is 14.1. The normalized spacial score (nSPS) is 30.1. The molecule has 3 aliphatic rings. The molecule has 5 heteroatoms. The van der Waals surface area contributed by atoms with Crippen LogP contribution in [0.25, 0.3) is 0 Å². The van der Waals surface area contributed by atoms with Crippen LogP contribution in [-0.4, -0.2) is 27.9 Å². The predicted octanol–water partition coefficient (Wildman–Crippen LogP) is 2.06. The van der Waals surface area contributed by atoms with Gasteiger partial charge >= 0.3 is 0 Å². The molecule has 0 fully saturated rings. The number of carbonyl (C=O) groups is 2. The van der Waals surface area contributed by atoms with Crippen molar-refractivity contribution in [3.63, 3.8) is 0 Å². The van der Waals surface area contributed by atoms with Gasteiger partial charge in [0.15, 0.2) is 11.5 Å². The summed E-state index contributed by atoms with van der Waals surface area (Å²) in [5, 5.41) is 21.0. The topological polar surface area (TPSA) is 87.7 Å². The first-order chi connectivity index (χ1) is 11.4. The maximum atomic E-state index is 13.1. The third-order valence-electron chi connectivity index (χ3n) is 6.02. The van der Waals surface area contributed by atoms with Crippen LogP contribution in [0.3, 0.4) is 0 Å². The minimum Gasteiger partial charge on any atom is -0.460 e. The number of furan rings is 1. The largest absolute Gasteiger partial charge is 0.460 e. The molecule has 0 saturated carbocycles. The van der Waals surface area contributed by atoms with Gasteiger partial charge in [-0.1, -0.05) is 12.1 Å². The van der Waals surface area contributed by atoms with E-state index >= 15 is 0 Å². The lowest BCUT2D eigenvalue weighted by Gasteiger charge is -2.44. The highest BCUT2D eigenvalue weighted by atomic mass is 16.3. The summed E-state index contributed by atoms with van der Waals surface area (Å²) in [5.41, 5.74) is 2.96. The molecular weight excluding hydrogens is 308 g/mol. The molecule has 0 spiro atoms. The number of Topliss-reactive ketones (excluding diaryl/α,β-unsaturated/α-hetero) is 1. The van der Waals surface area contributed by atoms with E-state index in [1.165, 1.54) is 6.26 Å². The molecule has 24 heavy (non-hydrogen) atoms. The Morgan fingerprint density at radius 2 is 2.00 bits per heavy atom. The number of hydrogen-bond donors (Lipinski definition) is 2. The number of aliphatic hydroxyl groups is 2. The van der Waals surface area contributed by atoms with E-state index in [4.69, 9.17) is 4.42 Å². The summed E-state index contributed by atoms with van der Waals surface area (Å²) >= 11 is 0. The third-order valence-corrected chi connectivity index (χ3v) is 6.02. The second-order valence-electron chi connectivity index (χ2n) is 7.13. The van der Waals surface area contributed by atoms with Crippen molar-refractivity contribution in [1.82, 2.24) is 0 Å². The number of benzene rings is 1.